The van der Waals surface area contributed by atoms with Gasteiger partial charge in [0.15, 0.2) is 0 Å². The Hall–Kier alpha value is -3.58. The molecule has 0 N–H and O–H groups in total. The van der Waals surface area contributed by atoms with Crippen LogP contribution in [0, 0.1) is 17.3 Å². The number of para-hydroxylation sites is 1. The molecule has 2 atom stereocenters. The number of benzene rings is 3. The number of nitrogens with zero attached hydrogens (tertiary/aromatic N) is 1. The molecule has 3 aromatic carbocycles. The van der Waals surface area contributed by atoms with Gasteiger partial charge in [0.05, 0.1) is 5.69 Å². The molecule has 4 aliphatic rings. The molecule has 1 heteroatoms. The zero-order valence-electron chi connectivity index (χ0n) is 17.3. The summed E-state index contributed by atoms with van der Waals surface area (Å²) in [5.74, 6) is 1.09. The molecule has 3 aromatic rings. The molecule has 3 aliphatic carbocycles. The van der Waals surface area contributed by atoms with Gasteiger partial charge in [0.1, 0.15) is 0 Å². The number of hydrogen-bond donors (Lipinski definition) is 0. The highest BCUT2D eigenvalue weighted by molar-refractivity contribution is 6.00. The molecular weight excluding hydrogens is 374 g/mol. The van der Waals surface area contributed by atoms with Gasteiger partial charge in [-0.3, -0.25) is 0 Å². The van der Waals surface area contributed by atoms with E-state index < -0.39 is 0 Å². The van der Waals surface area contributed by atoms with E-state index >= 15 is 0 Å². The summed E-state index contributed by atoms with van der Waals surface area (Å²) < 4.78 is 0. The lowest BCUT2D eigenvalue weighted by Crippen LogP contribution is -2.23. The van der Waals surface area contributed by atoms with Crippen molar-refractivity contribution in [2.75, 3.05) is 4.90 Å². The van der Waals surface area contributed by atoms with Crippen LogP contribution in [0.5, 0.6) is 0 Å². The van der Waals surface area contributed by atoms with Crippen molar-refractivity contribution in [2.45, 2.75) is 6.42 Å². The minimum atomic E-state index is 0.138. The van der Waals surface area contributed by atoms with Crippen LogP contribution in [-0.4, -0.2) is 0 Å². The highest BCUT2D eigenvalue weighted by Crippen LogP contribution is 2.65. The van der Waals surface area contributed by atoms with E-state index in [2.05, 4.69) is 120 Å². The van der Waals surface area contributed by atoms with Gasteiger partial charge < -0.3 is 4.90 Å². The second-order valence-electron chi connectivity index (χ2n) is 9.04. The predicted molar refractivity (Wildman–Crippen MR) is 129 cm³/mol. The molecule has 0 radical (unpaired) electrons. The van der Waals surface area contributed by atoms with Gasteiger partial charge in [0.25, 0.3) is 0 Å². The normalized spacial score (nSPS) is 23.9. The van der Waals surface area contributed by atoms with E-state index in [0.29, 0.717) is 11.8 Å². The number of rotatable bonds is 1. The number of fused-ring (bicyclic) bond motifs is 7. The summed E-state index contributed by atoms with van der Waals surface area (Å²) in [7, 11) is 0. The lowest BCUT2D eigenvalue weighted by atomic mass is 9.91. The second kappa shape index (κ2) is 6.21. The quantitative estimate of drug-likeness (QED) is 0.418. The summed E-state index contributed by atoms with van der Waals surface area (Å²) >= 11 is 0. The molecule has 0 amide bonds. The Morgan fingerprint density at radius 2 is 1.55 bits per heavy atom. The first-order chi connectivity index (χ1) is 15.4. The molecule has 148 valence electrons. The van der Waals surface area contributed by atoms with Crippen LogP contribution in [0.25, 0.3) is 10.8 Å². The summed E-state index contributed by atoms with van der Waals surface area (Å²) in [5.41, 5.74) is 6.88. The zero-order chi connectivity index (χ0) is 20.4. The van der Waals surface area contributed by atoms with E-state index in [1.807, 2.05) is 0 Å². The smallest absolute Gasteiger partial charge is 0.0575 e. The lowest BCUT2D eigenvalue weighted by molar-refractivity contribution is 0.769. The van der Waals surface area contributed by atoms with Gasteiger partial charge in [-0.05, 0) is 40.5 Å². The van der Waals surface area contributed by atoms with Crippen molar-refractivity contribution in [1.82, 2.24) is 0 Å². The Morgan fingerprint density at radius 1 is 0.742 bits per heavy atom. The highest BCUT2D eigenvalue weighted by atomic mass is 15.2. The Balaban J connectivity index is 1.42. The van der Waals surface area contributed by atoms with Crippen molar-refractivity contribution >= 4 is 22.1 Å². The summed E-state index contributed by atoms with van der Waals surface area (Å²) in [6.07, 6.45) is 21.7. The standard InChI is InChI=1S/C30H23N/c1-2-8-18-30(17-7-1)26-16-15-24(20-27(26)30)31-28-12-6-4-10-22(28)19-23-14-13-21-9-3-5-11-25(21)29(23)31/h1-18,20,26-27H,19H2. The molecule has 1 aliphatic heterocycles. The third-order valence-electron chi connectivity index (χ3n) is 7.44. The maximum absolute atomic E-state index is 2.51. The van der Waals surface area contributed by atoms with E-state index in [0.717, 1.165) is 6.42 Å². The van der Waals surface area contributed by atoms with Crippen LogP contribution < -0.4 is 4.90 Å². The Labute approximate surface area is 183 Å². The highest BCUT2D eigenvalue weighted by Gasteiger charge is 2.59. The van der Waals surface area contributed by atoms with Crippen molar-refractivity contribution in [2.24, 2.45) is 17.3 Å². The van der Waals surface area contributed by atoms with E-state index in [1.54, 1.807) is 0 Å². The van der Waals surface area contributed by atoms with Crippen molar-refractivity contribution in [3.63, 3.8) is 0 Å². The molecule has 7 rings (SSSR count). The Bertz CT molecular complexity index is 1360. The van der Waals surface area contributed by atoms with Crippen LogP contribution in [0.1, 0.15) is 11.1 Å². The summed E-state index contributed by atoms with van der Waals surface area (Å²) in [5, 5.41) is 2.63. The molecule has 1 heterocycles. The molecule has 0 aromatic heterocycles. The van der Waals surface area contributed by atoms with E-state index in [4.69, 9.17) is 0 Å². The summed E-state index contributed by atoms with van der Waals surface area (Å²) in [6, 6.07) is 22.2. The largest absolute Gasteiger partial charge is 0.310 e. The molecular formula is C30H23N. The third-order valence-corrected chi connectivity index (χ3v) is 7.44. The molecule has 1 fully saturated rings. The average Bonchev–Trinajstić information content (AvgIpc) is 3.53. The first kappa shape index (κ1) is 17.1. The van der Waals surface area contributed by atoms with Crippen LogP contribution in [-0.2, 0) is 6.42 Å². The third kappa shape index (κ3) is 2.38. The first-order valence-electron chi connectivity index (χ1n) is 11.2. The van der Waals surface area contributed by atoms with Gasteiger partial charge in [-0.15, -0.1) is 0 Å². The van der Waals surface area contributed by atoms with Crippen molar-refractivity contribution in [3.8, 4) is 0 Å². The van der Waals surface area contributed by atoms with Gasteiger partial charge in [-0.1, -0.05) is 103 Å². The van der Waals surface area contributed by atoms with Gasteiger partial charge in [-0.25, -0.2) is 0 Å². The number of anilines is 2. The van der Waals surface area contributed by atoms with Gasteiger partial charge in [0.2, 0.25) is 0 Å². The predicted octanol–water partition coefficient (Wildman–Crippen LogP) is 7.25. The minimum Gasteiger partial charge on any atom is -0.310 e. The number of hydrogen-bond acceptors (Lipinski definition) is 1. The topological polar surface area (TPSA) is 3.24 Å². The zero-order valence-corrected chi connectivity index (χ0v) is 17.3. The van der Waals surface area contributed by atoms with Gasteiger partial charge in [0, 0.05) is 28.6 Å². The molecule has 0 saturated heterocycles. The van der Waals surface area contributed by atoms with E-state index in [9.17, 15) is 0 Å². The molecule has 0 bridgehead atoms. The van der Waals surface area contributed by atoms with E-state index in [-0.39, 0.29) is 5.41 Å². The van der Waals surface area contributed by atoms with Crippen LogP contribution in [0.2, 0.25) is 0 Å². The molecule has 1 spiro atoms. The second-order valence-corrected chi connectivity index (χ2v) is 9.04. The Morgan fingerprint density at radius 3 is 2.45 bits per heavy atom. The SMILES string of the molecule is C1=CC=CC2(C=C1)C1C=CC(N3c4ccccc4Cc4ccc5ccccc5c43)=CC12. The monoisotopic (exact) mass is 397 g/mol. The molecule has 2 unspecified atom stereocenters. The van der Waals surface area contributed by atoms with Crippen molar-refractivity contribution in [3.05, 3.63) is 132 Å². The van der Waals surface area contributed by atoms with Crippen LogP contribution in [0.15, 0.2) is 121 Å². The molecule has 1 nitrogen and oxygen atoms in total. The maximum atomic E-state index is 2.51. The van der Waals surface area contributed by atoms with Gasteiger partial charge >= 0.3 is 0 Å². The first-order valence-corrected chi connectivity index (χ1v) is 11.2. The fraction of sp³-hybridized carbons (Fsp3) is 0.133. The van der Waals surface area contributed by atoms with Crippen LogP contribution in [0.3, 0.4) is 0 Å². The lowest BCUT2D eigenvalue weighted by Gasteiger charge is -2.35. The summed E-state index contributed by atoms with van der Waals surface area (Å²) in [6.45, 7) is 0. The van der Waals surface area contributed by atoms with Crippen molar-refractivity contribution in [1.29, 1.82) is 0 Å². The molecule has 31 heavy (non-hydrogen) atoms. The van der Waals surface area contributed by atoms with Gasteiger partial charge in [-0.2, -0.15) is 0 Å². The summed E-state index contributed by atoms with van der Waals surface area (Å²) in [4.78, 5) is 2.51. The maximum Gasteiger partial charge on any atom is 0.0575 e. The van der Waals surface area contributed by atoms with Crippen molar-refractivity contribution < 1.29 is 0 Å². The average molecular weight is 398 g/mol. The minimum absolute atomic E-state index is 0.138. The van der Waals surface area contributed by atoms with Crippen LogP contribution >= 0.6 is 0 Å². The Kier molecular flexibility index (Phi) is 3.43. The van der Waals surface area contributed by atoms with Crippen LogP contribution in [0.4, 0.5) is 11.4 Å². The fourth-order valence-electron chi connectivity index (χ4n) is 5.86. The van der Waals surface area contributed by atoms with E-state index in [1.165, 1.54) is 39.0 Å². The number of allylic oxidation sites excluding steroid dienone is 9. The fourth-order valence-corrected chi connectivity index (χ4v) is 5.86. The molecule has 1 saturated carbocycles.